The molecular formula is C20H33ClN10. The van der Waals surface area contributed by atoms with Gasteiger partial charge in [0.2, 0.25) is 5.28 Å². The number of aromatic nitrogens is 7. The highest BCUT2D eigenvalue weighted by molar-refractivity contribution is 6.28. The molecule has 0 aliphatic heterocycles. The van der Waals surface area contributed by atoms with Crippen molar-refractivity contribution < 1.29 is 0 Å². The zero-order chi connectivity index (χ0) is 21.9. The Hall–Kier alpha value is -2.30. The summed E-state index contributed by atoms with van der Waals surface area (Å²) in [6.45, 7) is 8.89. The minimum Gasteiger partial charge on any atom is -0.362 e. The minimum absolute atomic E-state index is 0.153. The van der Waals surface area contributed by atoms with Gasteiger partial charge in [-0.2, -0.15) is 9.97 Å². The summed E-state index contributed by atoms with van der Waals surface area (Å²) in [7, 11) is 0. The van der Waals surface area contributed by atoms with Crippen LogP contribution in [0.25, 0.3) is 11.2 Å². The molecule has 0 bridgehead atoms. The molecule has 170 valence electrons. The number of anilines is 1. The molecule has 31 heavy (non-hydrogen) atoms. The molecule has 0 spiro atoms. The Kier molecular flexibility index (Phi) is 9.44. The second-order valence-electron chi connectivity index (χ2n) is 7.57. The Bertz CT molecular complexity index is 908. The first-order valence-corrected chi connectivity index (χ1v) is 11.5. The third kappa shape index (κ3) is 7.41. The monoisotopic (exact) mass is 448 g/mol. The second kappa shape index (κ2) is 12.5. The summed E-state index contributed by atoms with van der Waals surface area (Å²) in [5, 5.41) is 18.9. The van der Waals surface area contributed by atoms with Gasteiger partial charge in [0.1, 0.15) is 11.2 Å². The quantitative estimate of drug-likeness (QED) is 0.207. The molecule has 0 aromatic carbocycles. The Morgan fingerprint density at radius 3 is 2.87 bits per heavy atom. The minimum atomic E-state index is 0.153. The summed E-state index contributed by atoms with van der Waals surface area (Å²) in [6, 6.07) is 0.665. The van der Waals surface area contributed by atoms with E-state index in [2.05, 4.69) is 60.0 Å². The Morgan fingerprint density at radius 1 is 1.16 bits per heavy atom. The molecule has 0 amide bonds. The standard InChI is InChI=1S/C20H33ClN10/c1-3-7-15(4-2)23-10-5-8-22-9-6-11-31-13-16(29-30-31)12-24-18-17-19(26-14-25-17)28-20(21)27-18/h13-15,22-23H,3-12H2,1-2H3,(H2,24,25,26,27,28). The van der Waals surface area contributed by atoms with Crippen molar-refractivity contribution in [3.8, 4) is 0 Å². The van der Waals surface area contributed by atoms with Crippen molar-refractivity contribution >= 4 is 28.6 Å². The van der Waals surface area contributed by atoms with E-state index in [9.17, 15) is 0 Å². The maximum Gasteiger partial charge on any atom is 0.226 e. The van der Waals surface area contributed by atoms with Gasteiger partial charge in [-0.25, -0.2) is 4.98 Å². The van der Waals surface area contributed by atoms with Gasteiger partial charge in [0.15, 0.2) is 11.5 Å². The smallest absolute Gasteiger partial charge is 0.226 e. The van der Waals surface area contributed by atoms with E-state index in [0.717, 1.165) is 44.7 Å². The van der Waals surface area contributed by atoms with Crippen molar-refractivity contribution in [3.63, 3.8) is 0 Å². The van der Waals surface area contributed by atoms with Crippen LogP contribution in [0.15, 0.2) is 12.5 Å². The number of H-pyrrole nitrogens is 1. The summed E-state index contributed by atoms with van der Waals surface area (Å²) in [5.74, 6) is 0.598. The number of aromatic amines is 1. The fourth-order valence-electron chi connectivity index (χ4n) is 3.45. The summed E-state index contributed by atoms with van der Waals surface area (Å²) in [5.41, 5.74) is 2.08. The predicted molar refractivity (Wildman–Crippen MR) is 123 cm³/mol. The molecule has 0 saturated heterocycles. The Morgan fingerprint density at radius 2 is 2.03 bits per heavy atom. The number of nitrogens with zero attached hydrogens (tertiary/aromatic N) is 6. The lowest BCUT2D eigenvalue weighted by atomic mass is 10.1. The van der Waals surface area contributed by atoms with Crippen molar-refractivity contribution in [2.45, 2.75) is 65.1 Å². The number of rotatable bonds is 15. The molecule has 0 fully saturated rings. The van der Waals surface area contributed by atoms with Crippen molar-refractivity contribution in [1.29, 1.82) is 0 Å². The molecule has 3 rings (SSSR count). The molecule has 3 aromatic heterocycles. The topological polar surface area (TPSA) is 121 Å². The summed E-state index contributed by atoms with van der Waals surface area (Å²) in [4.78, 5) is 15.4. The lowest BCUT2D eigenvalue weighted by Gasteiger charge is -2.15. The van der Waals surface area contributed by atoms with Crippen LogP contribution in [0.1, 0.15) is 51.6 Å². The van der Waals surface area contributed by atoms with Gasteiger partial charge in [0.25, 0.3) is 0 Å². The Labute approximate surface area is 188 Å². The van der Waals surface area contributed by atoms with Gasteiger partial charge < -0.3 is 20.9 Å². The molecule has 4 N–H and O–H groups in total. The predicted octanol–water partition coefficient (Wildman–Crippen LogP) is 2.75. The fraction of sp³-hybridized carbons (Fsp3) is 0.650. The highest BCUT2D eigenvalue weighted by Gasteiger charge is 2.09. The molecule has 3 heterocycles. The van der Waals surface area contributed by atoms with Crippen LogP contribution in [-0.2, 0) is 13.1 Å². The first-order valence-electron chi connectivity index (χ1n) is 11.1. The molecule has 1 atom stereocenters. The molecule has 0 radical (unpaired) electrons. The first kappa shape index (κ1) is 23.4. The second-order valence-corrected chi connectivity index (χ2v) is 7.91. The van der Waals surface area contributed by atoms with E-state index >= 15 is 0 Å². The largest absolute Gasteiger partial charge is 0.362 e. The zero-order valence-corrected chi connectivity index (χ0v) is 19.1. The van der Waals surface area contributed by atoms with Crippen LogP contribution in [-0.4, -0.2) is 60.6 Å². The Balaban J connectivity index is 1.30. The summed E-state index contributed by atoms with van der Waals surface area (Å²) in [6.07, 6.45) is 9.38. The number of imidazole rings is 1. The third-order valence-corrected chi connectivity index (χ3v) is 5.28. The van der Waals surface area contributed by atoms with Crippen LogP contribution >= 0.6 is 11.6 Å². The van der Waals surface area contributed by atoms with E-state index < -0.39 is 0 Å². The first-order chi connectivity index (χ1) is 15.2. The van der Waals surface area contributed by atoms with Crippen LogP contribution in [0, 0.1) is 0 Å². The molecule has 10 nitrogen and oxygen atoms in total. The van der Waals surface area contributed by atoms with Gasteiger partial charge >= 0.3 is 0 Å². The van der Waals surface area contributed by atoms with E-state index in [0.29, 0.717) is 29.6 Å². The number of hydrogen-bond donors (Lipinski definition) is 4. The van der Waals surface area contributed by atoms with Gasteiger partial charge in [-0.15, -0.1) is 5.10 Å². The maximum absolute atomic E-state index is 5.95. The van der Waals surface area contributed by atoms with Crippen LogP contribution in [0.4, 0.5) is 5.82 Å². The highest BCUT2D eigenvalue weighted by atomic mass is 35.5. The van der Waals surface area contributed by atoms with Crippen molar-refractivity contribution in [1.82, 2.24) is 45.6 Å². The van der Waals surface area contributed by atoms with Crippen LogP contribution in [0.5, 0.6) is 0 Å². The molecule has 3 aromatic rings. The van der Waals surface area contributed by atoms with E-state index in [1.807, 2.05) is 10.9 Å². The molecule has 0 aliphatic rings. The van der Waals surface area contributed by atoms with Crippen molar-refractivity contribution in [2.24, 2.45) is 0 Å². The third-order valence-electron chi connectivity index (χ3n) is 5.12. The van der Waals surface area contributed by atoms with Gasteiger partial charge in [-0.1, -0.05) is 25.5 Å². The van der Waals surface area contributed by atoms with E-state index in [1.54, 1.807) is 6.33 Å². The van der Waals surface area contributed by atoms with E-state index in [1.165, 1.54) is 19.3 Å². The maximum atomic E-state index is 5.95. The average molecular weight is 449 g/mol. The fourth-order valence-corrected chi connectivity index (χ4v) is 3.61. The lowest BCUT2D eigenvalue weighted by Crippen LogP contribution is -2.31. The van der Waals surface area contributed by atoms with Gasteiger partial charge in [0.05, 0.1) is 19.1 Å². The van der Waals surface area contributed by atoms with E-state index in [4.69, 9.17) is 11.6 Å². The number of halogens is 1. The van der Waals surface area contributed by atoms with Gasteiger partial charge in [-0.05, 0) is 56.9 Å². The van der Waals surface area contributed by atoms with Gasteiger partial charge in [-0.3, -0.25) is 4.68 Å². The molecular weight excluding hydrogens is 416 g/mol. The number of fused-ring (bicyclic) bond motifs is 1. The number of nitrogens with one attached hydrogen (secondary N) is 4. The molecule has 0 saturated carbocycles. The molecule has 0 aliphatic carbocycles. The number of hydrogen-bond acceptors (Lipinski definition) is 8. The van der Waals surface area contributed by atoms with Crippen LogP contribution in [0.3, 0.4) is 0 Å². The summed E-state index contributed by atoms with van der Waals surface area (Å²) >= 11 is 5.95. The normalized spacial score (nSPS) is 12.5. The molecule has 1 unspecified atom stereocenters. The summed E-state index contributed by atoms with van der Waals surface area (Å²) < 4.78 is 1.87. The van der Waals surface area contributed by atoms with Crippen molar-refractivity contribution in [3.05, 3.63) is 23.5 Å². The van der Waals surface area contributed by atoms with Gasteiger partial charge in [0, 0.05) is 12.6 Å². The number of aryl methyl sites for hydroxylation is 1. The lowest BCUT2D eigenvalue weighted by molar-refractivity contribution is 0.451. The van der Waals surface area contributed by atoms with Crippen molar-refractivity contribution in [2.75, 3.05) is 25.0 Å². The van der Waals surface area contributed by atoms with Crippen LogP contribution in [0.2, 0.25) is 5.28 Å². The zero-order valence-electron chi connectivity index (χ0n) is 18.4. The van der Waals surface area contributed by atoms with E-state index in [-0.39, 0.29) is 5.28 Å². The SMILES string of the molecule is CCCC(CC)NCCCNCCCn1cc(CNc2nc(Cl)nc3nc[nH]c23)nn1. The average Bonchev–Trinajstić information content (AvgIpc) is 3.42. The van der Waals surface area contributed by atoms with Crippen LogP contribution < -0.4 is 16.0 Å². The molecule has 11 heteroatoms. The highest BCUT2D eigenvalue weighted by Crippen LogP contribution is 2.18.